The number of aliphatic hydroxyl groups is 1. The second-order valence-electron chi connectivity index (χ2n) is 6.05. The van der Waals surface area contributed by atoms with Gasteiger partial charge < -0.3 is 24.6 Å². The Morgan fingerprint density at radius 2 is 1.43 bits per heavy atom. The molecule has 120 valence electrons. The van der Waals surface area contributed by atoms with Crippen molar-refractivity contribution in [2.24, 2.45) is 0 Å². The first-order valence-electron chi connectivity index (χ1n) is 6.92. The van der Waals surface area contributed by atoms with E-state index < -0.39 is 11.1 Å². The molecule has 0 aliphatic carbocycles. The second kappa shape index (κ2) is 6.54. The highest BCUT2D eigenvalue weighted by atomic mass is 16.5. The molecule has 0 fully saturated rings. The lowest BCUT2D eigenvalue weighted by molar-refractivity contribution is -0.00547. The number of rotatable bonds is 7. The summed E-state index contributed by atoms with van der Waals surface area (Å²) in [6.07, 6.45) is 0. The molecule has 0 atom stereocenters. The Morgan fingerprint density at radius 3 is 1.76 bits per heavy atom. The molecule has 0 aromatic heterocycles. The first-order valence-corrected chi connectivity index (χ1v) is 6.92. The molecule has 2 N–H and O–H groups in total. The topological polar surface area (TPSA) is 60.0 Å². The number of ether oxygens (including phenoxy) is 3. The van der Waals surface area contributed by atoms with E-state index in [2.05, 4.69) is 5.32 Å². The summed E-state index contributed by atoms with van der Waals surface area (Å²) in [6.45, 7) is 7.98. The molecule has 0 aliphatic rings. The predicted octanol–water partition coefficient (Wildman–Crippen LogP) is 2.35. The molecule has 0 heterocycles. The van der Waals surface area contributed by atoms with Crippen molar-refractivity contribution in [1.82, 2.24) is 5.32 Å². The lowest BCUT2D eigenvalue weighted by Gasteiger charge is -2.38. The number of methoxy groups -OCH3 is 3. The molecule has 0 amide bonds. The fourth-order valence-corrected chi connectivity index (χ4v) is 1.78. The number of nitrogens with one attached hydrogen (secondary N) is 1. The van der Waals surface area contributed by atoms with Crippen LogP contribution in [0.25, 0.3) is 0 Å². The van der Waals surface area contributed by atoms with Crippen molar-refractivity contribution in [3.8, 4) is 17.2 Å². The van der Waals surface area contributed by atoms with E-state index >= 15 is 0 Å². The van der Waals surface area contributed by atoms with Crippen molar-refractivity contribution in [3.63, 3.8) is 0 Å². The molecule has 0 saturated heterocycles. The van der Waals surface area contributed by atoms with Crippen LogP contribution in [0.3, 0.4) is 0 Å². The zero-order chi connectivity index (χ0) is 16.3. The van der Waals surface area contributed by atoms with Crippen LogP contribution in [0.2, 0.25) is 0 Å². The monoisotopic (exact) mass is 297 g/mol. The van der Waals surface area contributed by atoms with Gasteiger partial charge in [0.2, 0.25) is 0 Å². The van der Waals surface area contributed by atoms with Gasteiger partial charge in [-0.15, -0.1) is 0 Å². The molecule has 0 unspecified atom stereocenters. The maximum absolute atomic E-state index is 10.2. The maximum Gasteiger partial charge on any atom is 0.130 e. The molecule has 1 aromatic rings. The van der Waals surface area contributed by atoms with E-state index in [-0.39, 0.29) is 0 Å². The fourth-order valence-electron chi connectivity index (χ4n) is 1.78. The summed E-state index contributed by atoms with van der Waals surface area (Å²) in [5.41, 5.74) is -0.443. The van der Waals surface area contributed by atoms with Crippen LogP contribution in [0.4, 0.5) is 0 Å². The zero-order valence-electron chi connectivity index (χ0n) is 14.0. The Balaban J connectivity index is 3.08. The SMILES string of the molecule is COc1cc(OC)c(CNC(C)(C)C(C)(C)O)c(OC)c1. The van der Waals surface area contributed by atoms with Crippen LogP contribution in [-0.2, 0) is 6.54 Å². The fraction of sp³-hybridized carbons (Fsp3) is 0.625. The average molecular weight is 297 g/mol. The Hall–Kier alpha value is -1.46. The normalized spacial score (nSPS) is 12.2. The molecule has 0 bridgehead atoms. The van der Waals surface area contributed by atoms with Gasteiger partial charge in [-0.2, -0.15) is 0 Å². The van der Waals surface area contributed by atoms with Gasteiger partial charge in [-0.1, -0.05) is 0 Å². The minimum Gasteiger partial charge on any atom is -0.496 e. The molecule has 0 spiro atoms. The van der Waals surface area contributed by atoms with Gasteiger partial charge in [0.25, 0.3) is 0 Å². The van der Waals surface area contributed by atoms with E-state index in [0.29, 0.717) is 23.8 Å². The van der Waals surface area contributed by atoms with E-state index in [1.165, 1.54) is 0 Å². The van der Waals surface area contributed by atoms with Crippen molar-refractivity contribution >= 4 is 0 Å². The lowest BCUT2D eigenvalue weighted by atomic mass is 9.86. The summed E-state index contributed by atoms with van der Waals surface area (Å²) in [6, 6.07) is 3.63. The van der Waals surface area contributed by atoms with Gasteiger partial charge in [0.15, 0.2) is 0 Å². The van der Waals surface area contributed by atoms with Gasteiger partial charge in [-0.25, -0.2) is 0 Å². The Labute approximate surface area is 127 Å². The Bertz CT molecular complexity index is 453. The van der Waals surface area contributed by atoms with Crippen LogP contribution < -0.4 is 19.5 Å². The van der Waals surface area contributed by atoms with Crippen molar-refractivity contribution in [3.05, 3.63) is 17.7 Å². The predicted molar refractivity (Wildman–Crippen MR) is 83.3 cm³/mol. The van der Waals surface area contributed by atoms with Crippen LogP contribution in [0, 0.1) is 0 Å². The lowest BCUT2D eigenvalue weighted by Crippen LogP contribution is -2.55. The molecule has 21 heavy (non-hydrogen) atoms. The van der Waals surface area contributed by atoms with Crippen LogP contribution in [0.5, 0.6) is 17.2 Å². The zero-order valence-corrected chi connectivity index (χ0v) is 14.0. The van der Waals surface area contributed by atoms with Crippen molar-refractivity contribution in [1.29, 1.82) is 0 Å². The van der Waals surface area contributed by atoms with Crippen LogP contribution in [0.15, 0.2) is 12.1 Å². The van der Waals surface area contributed by atoms with Crippen molar-refractivity contribution in [2.75, 3.05) is 21.3 Å². The standard InChI is InChI=1S/C16H27NO4/c1-15(2,16(3,4)18)17-10-12-13(20-6)8-11(19-5)9-14(12)21-7/h8-9,17-18H,10H2,1-7H3. The summed E-state index contributed by atoms with van der Waals surface area (Å²) in [7, 11) is 4.82. The number of benzene rings is 1. The van der Waals surface area contributed by atoms with Gasteiger partial charge >= 0.3 is 0 Å². The third-order valence-electron chi connectivity index (χ3n) is 4.05. The highest BCUT2D eigenvalue weighted by Crippen LogP contribution is 2.34. The maximum atomic E-state index is 10.2. The Kier molecular flexibility index (Phi) is 5.48. The quantitative estimate of drug-likeness (QED) is 0.809. The van der Waals surface area contributed by atoms with E-state index in [4.69, 9.17) is 14.2 Å². The first kappa shape index (κ1) is 17.6. The van der Waals surface area contributed by atoms with E-state index in [1.54, 1.807) is 35.2 Å². The molecular formula is C16H27NO4. The largest absolute Gasteiger partial charge is 0.496 e. The summed E-state index contributed by atoms with van der Waals surface area (Å²) in [4.78, 5) is 0. The van der Waals surface area contributed by atoms with Crippen molar-refractivity contribution < 1.29 is 19.3 Å². The molecule has 0 radical (unpaired) electrons. The second-order valence-corrected chi connectivity index (χ2v) is 6.05. The first-order chi connectivity index (χ1) is 9.66. The molecule has 5 nitrogen and oxygen atoms in total. The Morgan fingerprint density at radius 1 is 0.952 bits per heavy atom. The minimum absolute atomic E-state index is 0.469. The molecule has 0 aliphatic heterocycles. The van der Waals surface area contributed by atoms with E-state index in [1.807, 2.05) is 26.0 Å². The smallest absolute Gasteiger partial charge is 0.130 e. The number of hydrogen-bond acceptors (Lipinski definition) is 5. The summed E-state index contributed by atoms with van der Waals surface area (Å²) < 4.78 is 16.1. The van der Waals surface area contributed by atoms with Crippen LogP contribution >= 0.6 is 0 Å². The third-order valence-corrected chi connectivity index (χ3v) is 4.05. The summed E-state index contributed by atoms with van der Waals surface area (Å²) >= 11 is 0. The van der Waals surface area contributed by atoms with Crippen LogP contribution in [0.1, 0.15) is 33.3 Å². The van der Waals surface area contributed by atoms with Crippen LogP contribution in [-0.4, -0.2) is 37.6 Å². The molecular weight excluding hydrogens is 270 g/mol. The van der Waals surface area contributed by atoms with Gasteiger partial charge in [0.05, 0.1) is 32.5 Å². The molecule has 5 heteroatoms. The highest BCUT2D eigenvalue weighted by molar-refractivity contribution is 5.50. The highest BCUT2D eigenvalue weighted by Gasteiger charge is 2.34. The molecule has 0 saturated carbocycles. The van der Waals surface area contributed by atoms with Gasteiger partial charge in [0, 0.05) is 24.2 Å². The summed E-state index contributed by atoms with van der Waals surface area (Å²) in [5, 5.41) is 13.6. The van der Waals surface area contributed by atoms with Gasteiger partial charge in [-0.05, 0) is 27.7 Å². The van der Waals surface area contributed by atoms with Gasteiger partial charge in [0.1, 0.15) is 17.2 Å². The van der Waals surface area contributed by atoms with E-state index in [9.17, 15) is 5.11 Å². The summed E-state index contributed by atoms with van der Waals surface area (Å²) in [5.74, 6) is 2.05. The van der Waals surface area contributed by atoms with Crippen molar-refractivity contribution in [2.45, 2.75) is 45.4 Å². The molecule has 1 rings (SSSR count). The molecule has 1 aromatic carbocycles. The average Bonchev–Trinajstić information content (AvgIpc) is 2.42. The third kappa shape index (κ3) is 4.02. The van der Waals surface area contributed by atoms with E-state index in [0.717, 1.165) is 5.56 Å². The van der Waals surface area contributed by atoms with Gasteiger partial charge in [-0.3, -0.25) is 0 Å². The number of hydrogen-bond donors (Lipinski definition) is 2. The minimum atomic E-state index is -0.861.